The summed E-state index contributed by atoms with van der Waals surface area (Å²) < 4.78 is 45.3. The molecule has 0 atom stereocenters. The summed E-state index contributed by atoms with van der Waals surface area (Å²) in [5.41, 5.74) is 0. The predicted molar refractivity (Wildman–Crippen MR) is 96.6 cm³/mol. The quantitative estimate of drug-likeness (QED) is 0.235. The van der Waals surface area contributed by atoms with Gasteiger partial charge in [0.2, 0.25) is 0 Å². The van der Waals surface area contributed by atoms with Gasteiger partial charge in [-0.15, -0.1) is 0 Å². The standard InChI is InChI=1S/2C5H8O3.C4H8O3.C4H6O2.Na/c2*1-4(6)2-3-5(7)8;5-3-1-2-4(6)7;5-4-2-1-3-6-4;/h2*2-3H2,1H3,(H,7,8);5H,1-3H2,(H,6,7);1-3H2;/q;;;;+1/p-1/i2D2;;2*1D2;. The van der Waals surface area contributed by atoms with Crippen LogP contribution in [0.1, 0.15) is 73.3 Å². The van der Waals surface area contributed by atoms with Gasteiger partial charge in [0.25, 0.3) is 0 Å². The van der Waals surface area contributed by atoms with Crippen molar-refractivity contribution in [3.63, 3.8) is 0 Å². The van der Waals surface area contributed by atoms with Crippen molar-refractivity contribution >= 4 is 35.4 Å². The second kappa shape index (κ2) is 25.2. The number of hydrogen-bond acceptors (Lipinski definition) is 9. The molecule has 11 nitrogen and oxygen atoms in total. The van der Waals surface area contributed by atoms with E-state index >= 15 is 0 Å². The number of hydrogen-bond donors (Lipinski definition) is 3. The number of carbonyl (C=O) groups is 6. The second-order valence-corrected chi connectivity index (χ2v) is 4.94. The minimum atomic E-state index is -2.22. The zero-order valence-corrected chi connectivity index (χ0v) is 19.1. The molecule has 0 unspecified atom stereocenters. The number of ether oxygens (including phenoxy) is 1. The zero-order valence-electron chi connectivity index (χ0n) is 23.1. The summed E-state index contributed by atoms with van der Waals surface area (Å²) in [6.07, 6.45) is -7.18. The minimum Gasteiger partial charge on any atom is -0.550 e. The number of carboxylic acid groups (broad SMARTS) is 3. The Labute approximate surface area is 205 Å². The van der Waals surface area contributed by atoms with Gasteiger partial charge in [-0.3, -0.25) is 14.4 Å². The van der Waals surface area contributed by atoms with Crippen LogP contribution in [-0.4, -0.2) is 64.0 Å². The van der Waals surface area contributed by atoms with Crippen LogP contribution in [0.2, 0.25) is 0 Å². The largest absolute Gasteiger partial charge is 1.00 e. The SMILES string of the molecule is CC(=O)CCC(=O)O.[2H]C([2H])(CC(=O)O)C(C)=O.[2H]C([2H])(CO)CC(=O)[O-].[2H]C1([2H])COC(=O)C1.[Na+]. The Morgan fingerprint density at radius 2 is 1.57 bits per heavy atom. The molecule has 3 N–H and O–H groups in total. The average Bonchev–Trinajstić information content (AvgIpc) is 2.96. The van der Waals surface area contributed by atoms with Gasteiger partial charge < -0.3 is 39.5 Å². The number of carboxylic acids is 3. The summed E-state index contributed by atoms with van der Waals surface area (Å²) >= 11 is 0. The molecule has 1 saturated heterocycles. The molecule has 1 aliphatic rings. The van der Waals surface area contributed by atoms with Gasteiger partial charge >= 0.3 is 47.5 Å². The van der Waals surface area contributed by atoms with E-state index in [4.69, 9.17) is 23.5 Å². The molecule has 30 heavy (non-hydrogen) atoms. The average molecular weight is 450 g/mol. The van der Waals surface area contributed by atoms with Crippen LogP contribution in [0.3, 0.4) is 0 Å². The van der Waals surface area contributed by atoms with Crippen molar-refractivity contribution in [1.29, 1.82) is 0 Å². The topological polar surface area (TPSA) is 195 Å². The van der Waals surface area contributed by atoms with Gasteiger partial charge in [0, 0.05) is 40.0 Å². The molecular formula is C18H29NaO11. The maximum absolute atomic E-state index is 10.4. The molecular weight excluding hydrogens is 415 g/mol. The molecule has 0 aromatic carbocycles. The molecule has 0 radical (unpaired) electrons. The molecule has 0 bridgehead atoms. The third-order valence-electron chi connectivity index (χ3n) is 2.17. The van der Waals surface area contributed by atoms with Crippen molar-refractivity contribution in [3.8, 4) is 0 Å². The van der Waals surface area contributed by atoms with Gasteiger partial charge in [0.05, 0.1) is 19.4 Å². The normalized spacial score (nSPS) is 16.4. The molecule has 1 fully saturated rings. The smallest absolute Gasteiger partial charge is 0.550 e. The number of cyclic esters (lactones) is 1. The Balaban J connectivity index is -0.000000189. The third kappa shape index (κ3) is 45.1. The number of ketones is 2. The fraction of sp³-hybridized carbons (Fsp3) is 0.667. The number of aliphatic hydroxyl groups excluding tert-OH is 1. The first-order chi connectivity index (χ1) is 15.6. The molecule has 1 aliphatic heterocycles. The first kappa shape index (κ1) is 22.9. The van der Waals surface area contributed by atoms with E-state index in [1.54, 1.807) is 0 Å². The van der Waals surface area contributed by atoms with Gasteiger partial charge in [-0.25, -0.2) is 0 Å². The number of aliphatic hydroxyl groups is 1. The zero-order chi connectivity index (χ0) is 28.6. The number of esters is 1. The van der Waals surface area contributed by atoms with Crippen molar-refractivity contribution in [3.05, 3.63) is 0 Å². The monoisotopic (exact) mass is 450 g/mol. The van der Waals surface area contributed by atoms with Crippen LogP contribution < -0.4 is 34.7 Å². The molecule has 0 aliphatic carbocycles. The van der Waals surface area contributed by atoms with E-state index in [1.165, 1.54) is 6.92 Å². The maximum Gasteiger partial charge on any atom is 1.00 e. The van der Waals surface area contributed by atoms with Gasteiger partial charge in [-0.2, -0.15) is 0 Å². The number of aliphatic carboxylic acids is 3. The van der Waals surface area contributed by atoms with Crippen molar-refractivity contribution < 1.29 is 91.7 Å². The number of carbonyl (C=O) groups excluding carboxylic acids is 4. The summed E-state index contributed by atoms with van der Waals surface area (Å²) in [5, 5.41) is 34.0. The molecule has 12 heteroatoms. The van der Waals surface area contributed by atoms with E-state index in [0.717, 1.165) is 6.92 Å². The van der Waals surface area contributed by atoms with Crippen LogP contribution in [0.5, 0.6) is 0 Å². The molecule has 168 valence electrons. The van der Waals surface area contributed by atoms with Crippen molar-refractivity contribution in [1.82, 2.24) is 0 Å². The van der Waals surface area contributed by atoms with Crippen LogP contribution in [0.15, 0.2) is 0 Å². The van der Waals surface area contributed by atoms with Gasteiger partial charge in [0.15, 0.2) is 0 Å². The van der Waals surface area contributed by atoms with E-state index < -0.39 is 68.2 Å². The molecule has 0 amide bonds. The Bertz CT molecular complexity index is 746. The van der Waals surface area contributed by atoms with Gasteiger partial charge in [-0.05, 0) is 33.0 Å². The van der Waals surface area contributed by atoms with E-state index in [1.807, 2.05) is 0 Å². The van der Waals surface area contributed by atoms with Crippen molar-refractivity contribution in [2.75, 3.05) is 13.2 Å². The molecule has 0 saturated carbocycles. The first-order valence-electron chi connectivity index (χ1n) is 11.0. The van der Waals surface area contributed by atoms with E-state index in [9.17, 15) is 33.9 Å². The third-order valence-corrected chi connectivity index (χ3v) is 2.17. The summed E-state index contributed by atoms with van der Waals surface area (Å²) in [7, 11) is 0. The van der Waals surface area contributed by atoms with Gasteiger partial charge in [-0.1, -0.05) is 0 Å². The van der Waals surface area contributed by atoms with Crippen molar-refractivity contribution in [2.24, 2.45) is 0 Å². The molecule has 0 aromatic rings. The Morgan fingerprint density at radius 1 is 1.03 bits per heavy atom. The second-order valence-electron chi connectivity index (χ2n) is 4.94. The van der Waals surface area contributed by atoms with Crippen LogP contribution in [0.25, 0.3) is 0 Å². The van der Waals surface area contributed by atoms with E-state index in [-0.39, 0.29) is 61.2 Å². The van der Waals surface area contributed by atoms with Crippen LogP contribution in [0.4, 0.5) is 0 Å². The summed E-state index contributed by atoms with van der Waals surface area (Å²) in [6.45, 7) is 1.54. The minimum absolute atomic E-state index is 0. The molecule has 1 rings (SSSR count). The Kier molecular flexibility index (Phi) is 19.2. The fourth-order valence-electron chi connectivity index (χ4n) is 0.977. The molecule has 0 spiro atoms. The van der Waals surface area contributed by atoms with Crippen LogP contribution in [-0.2, 0) is 33.5 Å². The van der Waals surface area contributed by atoms with Crippen LogP contribution in [0, 0.1) is 0 Å². The summed E-state index contributed by atoms with van der Waals surface area (Å²) in [4.78, 5) is 60.0. The van der Waals surface area contributed by atoms with Crippen LogP contribution >= 0.6 is 0 Å². The Hall–Kier alpha value is -1.82. The van der Waals surface area contributed by atoms with Crippen molar-refractivity contribution in [2.45, 2.75) is 65.1 Å². The molecule has 1 heterocycles. The summed E-state index contributed by atoms with van der Waals surface area (Å²) in [5.74, 6) is -4.98. The predicted octanol–water partition coefficient (Wildman–Crippen LogP) is -3.28. The van der Waals surface area contributed by atoms with E-state index in [2.05, 4.69) is 4.74 Å². The molecule has 0 aromatic heterocycles. The number of rotatable bonds is 9. The maximum atomic E-state index is 10.4. The Morgan fingerprint density at radius 3 is 1.70 bits per heavy atom. The first-order valence-corrected chi connectivity index (χ1v) is 7.97. The van der Waals surface area contributed by atoms with Gasteiger partial charge in [0.1, 0.15) is 11.6 Å². The fourth-order valence-corrected chi connectivity index (χ4v) is 0.977. The number of Topliss-reactive ketones (excluding diaryl/α,β-unsaturated/α-hetero) is 2. The van der Waals surface area contributed by atoms with E-state index in [0.29, 0.717) is 0 Å². The summed E-state index contributed by atoms with van der Waals surface area (Å²) in [6, 6.07) is 0.